The summed E-state index contributed by atoms with van der Waals surface area (Å²) >= 11 is 0. The van der Waals surface area contributed by atoms with Crippen molar-refractivity contribution in [1.29, 1.82) is 0 Å². The van der Waals surface area contributed by atoms with Gasteiger partial charge in [-0.2, -0.15) is 13.2 Å². The fraction of sp³-hybridized carbons (Fsp3) is 0.333. The number of amides is 1. The summed E-state index contributed by atoms with van der Waals surface area (Å²) in [4.78, 5) is 18.6. The van der Waals surface area contributed by atoms with Crippen LogP contribution in [0.3, 0.4) is 0 Å². The molecule has 0 atom stereocenters. The molecule has 29 heavy (non-hydrogen) atoms. The number of alkyl halides is 3. The lowest BCUT2D eigenvalue weighted by Crippen LogP contribution is -2.33. The van der Waals surface area contributed by atoms with E-state index in [1.165, 1.54) is 16.9 Å². The predicted octanol–water partition coefficient (Wildman–Crippen LogP) is 2.77. The van der Waals surface area contributed by atoms with Crippen molar-refractivity contribution in [3.05, 3.63) is 48.2 Å². The Morgan fingerprint density at radius 2 is 1.76 bits per heavy atom. The number of pyridine rings is 1. The van der Waals surface area contributed by atoms with Crippen LogP contribution < -0.4 is 14.9 Å². The Kier molecular flexibility index (Phi) is 6.08. The Hall–Kier alpha value is -2.66. The fourth-order valence-corrected chi connectivity index (χ4v) is 3.95. The summed E-state index contributed by atoms with van der Waals surface area (Å²) in [5.74, 6) is 0.170. The fourth-order valence-electron chi connectivity index (χ4n) is 2.93. The third kappa shape index (κ3) is 5.45. The highest BCUT2D eigenvalue weighted by Gasteiger charge is 2.30. The molecule has 0 bridgehead atoms. The van der Waals surface area contributed by atoms with E-state index in [1.807, 2.05) is 4.90 Å². The summed E-state index contributed by atoms with van der Waals surface area (Å²) in [6.07, 6.45) is -0.998. The van der Waals surface area contributed by atoms with Gasteiger partial charge in [-0.1, -0.05) is 0 Å². The third-order valence-electron chi connectivity index (χ3n) is 4.32. The highest BCUT2D eigenvalue weighted by molar-refractivity contribution is 7.89. The van der Waals surface area contributed by atoms with E-state index in [2.05, 4.69) is 10.3 Å². The molecule has 1 fully saturated rings. The highest BCUT2D eigenvalue weighted by atomic mass is 32.2. The Morgan fingerprint density at radius 3 is 2.38 bits per heavy atom. The van der Waals surface area contributed by atoms with Crippen molar-refractivity contribution in [3.8, 4) is 0 Å². The van der Waals surface area contributed by atoms with Crippen LogP contribution in [0.5, 0.6) is 0 Å². The smallest absolute Gasteiger partial charge is 0.356 e. The van der Waals surface area contributed by atoms with Crippen LogP contribution in [0.25, 0.3) is 0 Å². The summed E-state index contributed by atoms with van der Waals surface area (Å²) in [5.41, 5.74) is 0.693. The van der Waals surface area contributed by atoms with Crippen LogP contribution in [-0.2, 0) is 10.0 Å². The number of hydrogen-bond donors (Lipinski definition) is 2. The zero-order valence-corrected chi connectivity index (χ0v) is 16.1. The lowest BCUT2D eigenvalue weighted by Gasteiger charge is -2.19. The SMILES string of the molecule is O=C(Nc1ccc(S(=O)(=O)NCC(F)(F)F)cc1)c1cccnc1N1CCCC1. The van der Waals surface area contributed by atoms with E-state index >= 15 is 0 Å². The third-order valence-corrected chi connectivity index (χ3v) is 5.74. The number of sulfonamides is 1. The van der Waals surface area contributed by atoms with Gasteiger partial charge in [0.15, 0.2) is 0 Å². The van der Waals surface area contributed by atoms with E-state index in [4.69, 9.17) is 0 Å². The van der Waals surface area contributed by atoms with Crippen molar-refractivity contribution in [3.63, 3.8) is 0 Å². The van der Waals surface area contributed by atoms with Crippen LogP contribution in [-0.4, -0.2) is 45.1 Å². The second kappa shape index (κ2) is 8.37. The molecule has 7 nitrogen and oxygen atoms in total. The Balaban J connectivity index is 1.71. The minimum Gasteiger partial charge on any atom is -0.356 e. The molecule has 2 aromatic rings. The molecule has 0 spiro atoms. The van der Waals surface area contributed by atoms with Crippen LogP contribution in [0, 0.1) is 0 Å². The second-order valence-corrected chi connectivity index (χ2v) is 8.25. The minimum absolute atomic E-state index is 0.306. The molecule has 0 radical (unpaired) electrons. The van der Waals surface area contributed by atoms with Crippen LogP contribution in [0.2, 0.25) is 0 Å². The minimum atomic E-state index is -4.66. The number of halogens is 3. The maximum absolute atomic E-state index is 12.7. The van der Waals surface area contributed by atoms with Gasteiger partial charge in [-0.3, -0.25) is 4.79 Å². The van der Waals surface area contributed by atoms with Crippen molar-refractivity contribution in [2.45, 2.75) is 23.9 Å². The average Bonchev–Trinajstić information content (AvgIpc) is 3.21. The topological polar surface area (TPSA) is 91.4 Å². The first-order chi connectivity index (χ1) is 13.7. The number of hydrogen-bond acceptors (Lipinski definition) is 5. The molecule has 1 aliphatic rings. The zero-order valence-electron chi connectivity index (χ0n) is 15.2. The normalized spacial score (nSPS) is 14.8. The first-order valence-electron chi connectivity index (χ1n) is 8.83. The number of carbonyl (C=O) groups excluding carboxylic acids is 1. The maximum atomic E-state index is 12.7. The van der Waals surface area contributed by atoms with Crippen molar-refractivity contribution in [2.75, 3.05) is 29.9 Å². The number of nitrogens with zero attached hydrogens (tertiary/aromatic N) is 2. The standard InChI is InChI=1S/C18H19F3N4O3S/c19-18(20,21)12-23-29(27,28)14-7-5-13(6-8-14)24-17(26)15-4-3-9-22-16(15)25-10-1-2-11-25/h3-9,23H,1-2,10-12H2,(H,24,26). The van der Waals surface area contributed by atoms with E-state index in [-0.39, 0.29) is 4.90 Å². The number of carbonyl (C=O) groups is 1. The van der Waals surface area contributed by atoms with Crippen molar-refractivity contribution in [1.82, 2.24) is 9.71 Å². The molecular formula is C18H19F3N4O3S. The molecule has 0 aliphatic carbocycles. The lowest BCUT2D eigenvalue weighted by molar-refractivity contribution is -0.121. The molecule has 11 heteroatoms. The van der Waals surface area contributed by atoms with Crippen molar-refractivity contribution >= 4 is 27.4 Å². The first-order valence-corrected chi connectivity index (χ1v) is 10.3. The zero-order chi connectivity index (χ0) is 21.1. The first kappa shape index (κ1) is 21.1. The molecule has 0 unspecified atom stereocenters. The predicted molar refractivity (Wildman–Crippen MR) is 101 cm³/mol. The molecule has 1 aromatic heterocycles. The number of benzene rings is 1. The highest BCUT2D eigenvalue weighted by Crippen LogP contribution is 2.23. The molecule has 2 N–H and O–H groups in total. The van der Waals surface area contributed by atoms with Crippen LogP contribution in [0.4, 0.5) is 24.7 Å². The summed E-state index contributed by atoms with van der Waals surface area (Å²) in [7, 11) is -4.31. The van der Waals surface area contributed by atoms with Gasteiger partial charge in [-0.25, -0.2) is 18.1 Å². The van der Waals surface area contributed by atoms with Crippen molar-refractivity contribution < 1.29 is 26.4 Å². The molecule has 156 valence electrons. The van der Waals surface area contributed by atoms with Gasteiger partial charge < -0.3 is 10.2 Å². The number of aromatic nitrogens is 1. The molecule has 1 amide bonds. The Labute approximate surface area is 166 Å². The van der Waals surface area contributed by atoms with Crippen molar-refractivity contribution in [2.24, 2.45) is 0 Å². The van der Waals surface area contributed by atoms with E-state index < -0.39 is 28.7 Å². The Morgan fingerprint density at radius 1 is 1.10 bits per heavy atom. The van der Waals surface area contributed by atoms with Gasteiger partial charge >= 0.3 is 6.18 Å². The summed E-state index contributed by atoms with van der Waals surface area (Å²) < 4.78 is 62.0. The molecule has 1 aromatic carbocycles. The van der Waals surface area contributed by atoms with Gasteiger partial charge in [-0.05, 0) is 49.2 Å². The number of anilines is 2. The molecule has 3 rings (SSSR count). The quantitative estimate of drug-likeness (QED) is 0.738. The second-order valence-electron chi connectivity index (χ2n) is 6.49. The molecule has 0 saturated carbocycles. The van der Waals surface area contributed by atoms with E-state index in [1.54, 1.807) is 18.3 Å². The maximum Gasteiger partial charge on any atom is 0.402 e. The molecule has 1 saturated heterocycles. The van der Waals surface area contributed by atoms with Gasteiger partial charge in [-0.15, -0.1) is 0 Å². The molecule has 2 heterocycles. The largest absolute Gasteiger partial charge is 0.402 e. The van der Waals surface area contributed by atoms with Gasteiger partial charge in [0.1, 0.15) is 12.4 Å². The molecular weight excluding hydrogens is 409 g/mol. The number of rotatable bonds is 6. The van der Waals surface area contributed by atoms with E-state index in [0.29, 0.717) is 17.1 Å². The Bertz CT molecular complexity index is 973. The van der Waals surface area contributed by atoms with Crippen LogP contribution in [0.1, 0.15) is 23.2 Å². The average molecular weight is 428 g/mol. The molecule has 1 aliphatic heterocycles. The van der Waals surface area contributed by atoms with Gasteiger partial charge in [0.05, 0.1) is 10.5 Å². The number of nitrogens with one attached hydrogen (secondary N) is 2. The monoisotopic (exact) mass is 428 g/mol. The summed E-state index contributed by atoms with van der Waals surface area (Å²) in [6.45, 7) is -0.0301. The van der Waals surface area contributed by atoms with Crippen LogP contribution in [0.15, 0.2) is 47.5 Å². The van der Waals surface area contributed by atoms with Gasteiger partial charge in [0, 0.05) is 25.0 Å². The summed E-state index contributed by atoms with van der Waals surface area (Å²) in [5, 5.41) is 2.66. The lowest BCUT2D eigenvalue weighted by atomic mass is 10.2. The summed E-state index contributed by atoms with van der Waals surface area (Å²) in [6, 6.07) is 8.17. The van der Waals surface area contributed by atoms with E-state index in [0.717, 1.165) is 38.1 Å². The van der Waals surface area contributed by atoms with Crippen LogP contribution >= 0.6 is 0 Å². The van der Waals surface area contributed by atoms with Gasteiger partial charge in [0.2, 0.25) is 10.0 Å². The van der Waals surface area contributed by atoms with Gasteiger partial charge in [0.25, 0.3) is 5.91 Å². The van der Waals surface area contributed by atoms with E-state index in [9.17, 15) is 26.4 Å².